The molecule has 3 saturated heterocycles. The van der Waals surface area contributed by atoms with Crippen molar-refractivity contribution in [2.45, 2.75) is 19.4 Å². The Labute approximate surface area is 167 Å². The number of benzene rings is 2. The monoisotopic (exact) mass is 427 g/mol. The number of allylic oxidation sites excluding steroid dienone is 1. The van der Waals surface area contributed by atoms with E-state index >= 15 is 0 Å². The van der Waals surface area contributed by atoms with Crippen LogP contribution in [0.3, 0.4) is 0 Å². The zero-order valence-corrected chi connectivity index (χ0v) is 16.9. The first-order valence-electron chi connectivity index (χ1n) is 9.20. The summed E-state index contributed by atoms with van der Waals surface area (Å²) in [5.41, 5.74) is 2.88. The van der Waals surface area contributed by atoms with Crippen molar-refractivity contribution >= 4 is 27.8 Å². The summed E-state index contributed by atoms with van der Waals surface area (Å²) in [7, 11) is 1.63. The fourth-order valence-electron chi connectivity index (χ4n) is 3.70. The molecule has 0 unspecified atom stereocenters. The number of piperidine rings is 3. The van der Waals surface area contributed by atoms with Gasteiger partial charge in [-0.25, -0.2) is 0 Å². The number of methoxy groups -OCH3 is 1. The summed E-state index contributed by atoms with van der Waals surface area (Å²) in [5.74, 6) is 1.85. The van der Waals surface area contributed by atoms with E-state index in [1.54, 1.807) is 7.11 Å². The quantitative estimate of drug-likeness (QED) is 0.649. The molecule has 0 spiro atoms. The molecule has 4 nitrogen and oxygen atoms in total. The van der Waals surface area contributed by atoms with Gasteiger partial charge in [0.15, 0.2) is 17.3 Å². The zero-order valence-electron chi connectivity index (χ0n) is 15.3. The molecule has 0 aromatic heterocycles. The van der Waals surface area contributed by atoms with Gasteiger partial charge in [0.25, 0.3) is 0 Å². The second-order valence-electron chi connectivity index (χ2n) is 6.98. The van der Waals surface area contributed by atoms with Crippen LogP contribution in [-0.4, -0.2) is 30.9 Å². The SMILES string of the molecule is COc1cc(/C=C2/C(=O)C3CCN2CC3)ccc1OCc1ccc(Br)cc1. The summed E-state index contributed by atoms with van der Waals surface area (Å²) in [6.45, 7) is 2.43. The maximum Gasteiger partial charge on any atom is 0.182 e. The number of fused-ring (bicyclic) bond motifs is 3. The standard InChI is InChI=1S/C22H22BrNO3/c1-26-21-13-16(12-19-22(25)17-8-10-24(19)11-9-17)4-7-20(21)27-14-15-2-5-18(23)6-3-15/h2-7,12-13,17H,8-11,14H2,1H3/b19-12-. The van der Waals surface area contributed by atoms with Gasteiger partial charge in [-0.3, -0.25) is 4.79 Å². The molecule has 0 N–H and O–H groups in total. The average molecular weight is 428 g/mol. The molecule has 2 aromatic rings. The smallest absolute Gasteiger partial charge is 0.182 e. The first-order valence-corrected chi connectivity index (χ1v) is 9.99. The summed E-state index contributed by atoms with van der Waals surface area (Å²) in [4.78, 5) is 14.7. The zero-order chi connectivity index (χ0) is 18.8. The van der Waals surface area contributed by atoms with Crippen LogP contribution in [0, 0.1) is 5.92 Å². The number of nitrogens with zero attached hydrogens (tertiary/aromatic N) is 1. The van der Waals surface area contributed by atoms with Gasteiger partial charge in [0.2, 0.25) is 0 Å². The molecule has 2 aromatic carbocycles. The van der Waals surface area contributed by atoms with Gasteiger partial charge in [-0.2, -0.15) is 0 Å². The minimum absolute atomic E-state index is 0.205. The van der Waals surface area contributed by atoms with E-state index in [4.69, 9.17) is 9.47 Å². The van der Waals surface area contributed by atoms with E-state index in [0.29, 0.717) is 18.1 Å². The van der Waals surface area contributed by atoms with Gasteiger partial charge >= 0.3 is 0 Å². The molecular formula is C22H22BrNO3. The number of hydrogen-bond acceptors (Lipinski definition) is 4. The molecule has 0 saturated carbocycles. The van der Waals surface area contributed by atoms with Crippen LogP contribution in [0.25, 0.3) is 6.08 Å². The number of carbonyl (C=O) groups excluding carboxylic acids is 1. The Hall–Kier alpha value is -2.27. The molecule has 27 heavy (non-hydrogen) atoms. The highest BCUT2D eigenvalue weighted by atomic mass is 79.9. The molecular weight excluding hydrogens is 406 g/mol. The van der Waals surface area contributed by atoms with Crippen LogP contribution >= 0.6 is 15.9 Å². The summed E-state index contributed by atoms with van der Waals surface area (Å²) in [6, 6.07) is 13.8. The molecule has 3 fully saturated rings. The lowest BCUT2D eigenvalue weighted by molar-refractivity contribution is -0.125. The van der Waals surface area contributed by atoms with Crippen molar-refractivity contribution in [1.82, 2.24) is 4.90 Å². The third-order valence-electron chi connectivity index (χ3n) is 5.26. The topological polar surface area (TPSA) is 38.8 Å². The molecule has 0 atom stereocenters. The van der Waals surface area contributed by atoms with Crippen molar-refractivity contribution in [2.24, 2.45) is 5.92 Å². The Bertz CT molecular complexity index is 868. The van der Waals surface area contributed by atoms with E-state index in [9.17, 15) is 4.79 Å². The van der Waals surface area contributed by atoms with Gasteiger partial charge in [-0.15, -0.1) is 0 Å². The Balaban J connectivity index is 1.52. The predicted octanol–water partition coefficient (Wildman–Crippen LogP) is 4.67. The van der Waals surface area contributed by atoms with Crippen LogP contribution in [0.4, 0.5) is 0 Å². The minimum Gasteiger partial charge on any atom is -0.493 e. The largest absolute Gasteiger partial charge is 0.493 e. The molecule has 3 aliphatic rings. The summed E-state index contributed by atoms with van der Waals surface area (Å²) in [5, 5.41) is 0. The van der Waals surface area contributed by atoms with Crippen LogP contribution in [0.5, 0.6) is 11.5 Å². The van der Waals surface area contributed by atoms with Gasteiger partial charge in [0.05, 0.1) is 12.8 Å². The van der Waals surface area contributed by atoms with Crippen LogP contribution in [-0.2, 0) is 11.4 Å². The third-order valence-corrected chi connectivity index (χ3v) is 5.79. The van der Waals surface area contributed by atoms with Gasteiger partial charge in [0.1, 0.15) is 6.61 Å². The summed E-state index contributed by atoms with van der Waals surface area (Å²) < 4.78 is 12.5. The summed E-state index contributed by atoms with van der Waals surface area (Å²) >= 11 is 3.44. The lowest BCUT2D eigenvalue weighted by Gasteiger charge is -2.41. The molecule has 2 bridgehead atoms. The second-order valence-corrected chi connectivity index (χ2v) is 7.90. The highest BCUT2D eigenvalue weighted by Gasteiger charge is 2.36. The fraction of sp³-hybridized carbons (Fsp3) is 0.318. The number of Topliss-reactive ketones (excluding diaryl/α,β-unsaturated/α-hetero) is 1. The number of ether oxygens (including phenoxy) is 2. The molecule has 3 heterocycles. The molecule has 5 rings (SSSR count). The number of hydrogen-bond donors (Lipinski definition) is 0. The van der Waals surface area contributed by atoms with Gasteiger partial charge in [0, 0.05) is 23.5 Å². The second kappa shape index (κ2) is 7.77. The highest BCUT2D eigenvalue weighted by Crippen LogP contribution is 2.34. The summed E-state index contributed by atoms with van der Waals surface area (Å²) in [6.07, 6.45) is 3.96. The lowest BCUT2D eigenvalue weighted by Crippen LogP contribution is -2.45. The molecule has 140 valence electrons. The molecule has 3 aliphatic heterocycles. The van der Waals surface area contributed by atoms with E-state index < -0.39 is 0 Å². The average Bonchev–Trinajstić information content (AvgIpc) is 2.71. The first-order chi connectivity index (χ1) is 13.1. The maximum absolute atomic E-state index is 12.5. The van der Waals surface area contributed by atoms with Crippen LogP contribution < -0.4 is 9.47 Å². The molecule has 0 amide bonds. The maximum atomic E-state index is 12.5. The van der Waals surface area contributed by atoms with Crippen molar-refractivity contribution < 1.29 is 14.3 Å². The highest BCUT2D eigenvalue weighted by molar-refractivity contribution is 9.10. The normalized spacial score (nSPS) is 18.2. The van der Waals surface area contributed by atoms with E-state index in [1.807, 2.05) is 48.5 Å². The third kappa shape index (κ3) is 3.88. The lowest BCUT2D eigenvalue weighted by atomic mass is 9.84. The number of rotatable bonds is 5. The van der Waals surface area contributed by atoms with Crippen LogP contribution in [0.1, 0.15) is 24.0 Å². The van der Waals surface area contributed by atoms with Crippen molar-refractivity contribution in [1.29, 1.82) is 0 Å². The van der Waals surface area contributed by atoms with Crippen molar-refractivity contribution in [3.05, 3.63) is 63.8 Å². The Morgan fingerprint density at radius 2 is 1.85 bits per heavy atom. The van der Waals surface area contributed by atoms with E-state index in [1.165, 1.54) is 0 Å². The molecule has 5 heteroatoms. The molecule has 0 radical (unpaired) electrons. The Morgan fingerprint density at radius 1 is 1.11 bits per heavy atom. The Morgan fingerprint density at radius 3 is 2.52 bits per heavy atom. The van der Waals surface area contributed by atoms with Crippen LogP contribution in [0.15, 0.2) is 52.6 Å². The first kappa shape index (κ1) is 18.1. The number of ketones is 1. The van der Waals surface area contributed by atoms with Crippen molar-refractivity contribution in [3.8, 4) is 11.5 Å². The van der Waals surface area contributed by atoms with Crippen molar-refractivity contribution in [3.63, 3.8) is 0 Å². The van der Waals surface area contributed by atoms with Gasteiger partial charge in [-0.1, -0.05) is 34.1 Å². The van der Waals surface area contributed by atoms with Gasteiger partial charge in [-0.05, 0) is 54.3 Å². The number of carbonyl (C=O) groups is 1. The Kier molecular flexibility index (Phi) is 5.21. The fourth-order valence-corrected chi connectivity index (χ4v) is 3.97. The minimum atomic E-state index is 0.205. The van der Waals surface area contributed by atoms with E-state index in [-0.39, 0.29) is 11.7 Å². The van der Waals surface area contributed by atoms with Crippen LogP contribution in [0.2, 0.25) is 0 Å². The predicted molar refractivity (Wildman–Crippen MR) is 109 cm³/mol. The molecule has 0 aliphatic carbocycles. The van der Waals surface area contributed by atoms with E-state index in [0.717, 1.165) is 47.2 Å². The van der Waals surface area contributed by atoms with E-state index in [2.05, 4.69) is 20.8 Å². The number of halogens is 1. The van der Waals surface area contributed by atoms with Crippen molar-refractivity contribution in [2.75, 3.05) is 20.2 Å². The van der Waals surface area contributed by atoms with Gasteiger partial charge < -0.3 is 14.4 Å².